The molecule has 1 saturated heterocycles. The Hall–Kier alpha value is -1.83. The van der Waals surface area contributed by atoms with E-state index in [9.17, 15) is 23.3 Å². The summed E-state index contributed by atoms with van der Waals surface area (Å²) in [4.78, 5) is 10.0. The number of ether oxygens (including phenoxy) is 1. The zero-order chi connectivity index (χ0) is 14.0. The first-order chi connectivity index (χ1) is 8.88. The fraction of sp³-hybridized carbons (Fsp3) is 0.455. The highest BCUT2D eigenvalue weighted by Gasteiger charge is 2.33. The van der Waals surface area contributed by atoms with Gasteiger partial charge in [-0.3, -0.25) is 10.1 Å². The van der Waals surface area contributed by atoms with Crippen LogP contribution in [0.2, 0.25) is 0 Å². The van der Waals surface area contributed by atoms with Crippen LogP contribution in [-0.4, -0.2) is 24.2 Å². The van der Waals surface area contributed by atoms with Crippen molar-refractivity contribution in [1.29, 1.82) is 0 Å². The molecule has 5 nitrogen and oxygen atoms in total. The van der Waals surface area contributed by atoms with Crippen LogP contribution in [0.15, 0.2) is 18.2 Å². The lowest BCUT2D eigenvalue weighted by atomic mass is 10.1. The number of benzene rings is 1. The number of hydrogen-bond acceptors (Lipinski definition) is 4. The van der Waals surface area contributed by atoms with Crippen LogP contribution in [0.5, 0.6) is 0 Å². The third kappa shape index (κ3) is 3.14. The van der Waals surface area contributed by atoms with Crippen LogP contribution in [0.1, 0.15) is 12.0 Å². The second-order valence-electron chi connectivity index (χ2n) is 4.19. The summed E-state index contributed by atoms with van der Waals surface area (Å²) in [6, 6.07) is 2.33. The van der Waals surface area contributed by atoms with Gasteiger partial charge < -0.3 is 10.1 Å². The molecule has 0 bridgehead atoms. The van der Waals surface area contributed by atoms with E-state index >= 15 is 0 Å². The van der Waals surface area contributed by atoms with Crippen LogP contribution in [0.3, 0.4) is 0 Å². The maximum absolute atomic E-state index is 12.5. The van der Waals surface area contributed by atoms with Gasteiger partial charge in [-0.15, -0.1) is 0 Å². The van der Waals surface area contributed by atoms with Gasteiger partial charge in [0.25, 0.3) is 5.69 Å². The number of halogens is 3. The molecular weight excluding hydrogens is 265 g/mol. The molecule has 1 fully saturated rings. The number of nitrogens with zero attached hydrogens (tertiary/aromatic N) is 1. The van der Waals surface area contributed by atoms with Gasteiger partial charge in [-0.05, 0) is 18.6 Å². The largest absolute Gasteiger partial charge is 0.416 e. The Kier molecular flexibility index (Phi) is 3.61. The van der Waals surface area contributed by atoms with Gasteiger partial charge in [-0.2, -0.15) is 13.2 Å². The van der Waals surface area contributed by atoms with E-state index in [1.54, 1.807) is 0 Å². The van der Waals surface area contributed by atoms with Crippen LogP contribution in [0.4, 0.5) is 24.5 Å². The van der Waals surface area contributed by atoms with Crippen molar-refractivity contribution in [2.24, 2.45) is 0 Å². The Morgan fingerprint density at radius 3 is 2.68 bits per heavy atom. The first kappa shape index (κ1) is 13.6. The van der Waals surface area contributed by atoms with Gasteiger partial charge in [0.05, 0.1) is 23.1 Å². The first-order valence-corrected chi connectivity index (χ1v) is 5.58. The van der Waals surface area contributed by atoms with Crippen molar-refractivity contribution in [3.63, 3.8) is 0 Å². The summed E-state index contributed by atoms with van der Waals surface area (Å²) in [6.45, 7) is 0.921. The molecule has 1 unspecified atom stereocenters. The molecule has 1 heterocycles. The lowest BCUT2D eigenvalue weighted by Gasteiger charge is -2.13. The van der Waals surface area contributed by atoms with Gasteiger partial charge in [0.2, 0.25) is 0 Å². The van der Waals surface area contributed by atoms with E-state index < -0.39 is 22.4 Å². The molecular formula is C11H11F3N2O3. The van der Waals surface area contributed by atoms with E-state index in [0.29, 0.717) is 25.7 Å². The lowest BCUT2D eigenvalue weighted by Crippen LogP contribution is -2.20. The Bertz CT molecular complexity index is 485. The summed E-state index contributed by atoms with van der Waals surface area (Å²) in [5, 5.41) is 13.7. The van der Waals surface area contributed by atoms with Gasteiger partial charge in [0.15, 0.2) is 0 Å². The molecule has 1 N–H and O–H groups in total. The molecule has 1 aliphatic rings. The van der Waals surface area contributed by atoms with Crippen LogP contribution in [0.25, 0.3) is 0 Å². The Morgan fingerprint density at radius 2 is 2.16 bits per heavy atom. The van der Waals surface area contributed by atoms with E-state index in [4.69, 9.17) is 4.74 Å². The van der Waals surface area contributed by atoms with Crippen molar-refractivity contribution in [2.45, 2.75) is 18.6 Å². The van der Waals surface area contributed by atoms with Crippen molar-refractivity contribution in [3.05, 3.63) is 33.9 Å². The number of nitro groups is 1. The molecule has 1 aliphatic heterocycles. The monoisotopic (exact) mass is 276 g/mol. The highest BCUT2D eigenvalue weighted by Crippen LogP contribution is 2.35. The summed E-state index contributed by atoms with van der Waals surface area (Å²) in [5.74, 6) is 0. The smallest absolute Gasteiger partial charge is 0.379 e. The van der Waals surface area contributed by atoms with Gasteiger partial charge in [0.1, 0.15) is 5.69 Å². The summed E-state index contributed by atoms with van der Waals surface area (Å²) < 4.78 is 42.6. The van der Waals surface area contributed by atoms with Gasteiger partial charge in [-0.1, -0.05) is 0 Å². The average molecular weight is 276 g/mol. The van der Waals surface area contributed by atoms with Gasteiger partial charge in [0, 0.05) is 12.7 Å². The molecule has 0 amide bonds. The second-order valence-corrected chi connectivity index (χ2v) is 4.19. The van der Waals surface area contributed by atoms with Crippen LogP contribution in [0, 0.1) is 10.1 Å². The van der Waals surface area contributed by atoms with Gasteiger partial charge >= 0.3 is 6.18 Å². The quantitative estimate of drug-likeness (QED) is 0.681. The van der Waals surface area contributed by atoms with E-state index in [-0.39, 0.29) is 11.7 Å². The molecule has 0 saturated carbocycles. The molecule has 104 valence electrons. The second kappa shape index (κ2) is 5.04. The molecule has 1 aromatic rings. The number of nitro benzene ring substituents is 1. The molecule has 1 atom stereocenters. The van der Waals surface area contributed by atoms with Crippen molar-refractivity contribution < 1.29 is 22.8 Å². The topological polar surface area (TPSA) is 64.4 Å². The predicted molar refractivity (Wildman–Crippen MR) is 60.9 cm³/mol. The van der Waals surface area contributed by atoms with Crippen molar-refractivity contribution in [3.8, 4) is 0 Å². The molecule has 8 heteroatoms. The Labute approximate surface area is 106 Å². The highest BCUT2D eigenvalue weighted by molar-refractivity contribution is 5.63. The highest BCUT2D eigenvalue weighted by atomic mass is 19.4. The Morgan fingerprint density at radius 1 is 1.42 bits per heavy atom. The minimum Gasteiger partial charge on any atom is -0.379 e. The number of hydrogen-bond donors (Lipinski definition) is 1. The fourth-order valence-corrected chi connectivity index (χ4v) is 1.85. The molecule has 2 rings (SSSR count). The maximum Gasteiger partial charge on any atom is 0.416 e. The molecule has 1 aromatic carbocycles. The zero-order valence-corrected chi connectivity index (χ0v) is 9.74. The molecule has 0 aromatic heterocycles. The standard InChI is InChI=1S/C11H11F3N2O3/c12-11(13,14)7-1-2-9(10(5-7)16(17)18)15-8-3-4-19-6-8/h1-2,5,8,15H,3-4,6H2. The van der Waals surface area contributed by atoms with E-state index in [0.717, 1.165) is 12.1 Å². The van der Waals surface area contributed by atoms with Crippen molar-refractivity contribution >= 4 is 11.4 Å². The maximum atomic E-state index is 12.5. The summed E-state index contributed by atoms with van der Waals surface area (Å²) in [6.07, 6.45) is -3.93. The first-order valence-electron chi connectivity index (χ1n) is 5.58. The summed E-state index contributed by atoms with van der Waals surface area (Å²) >= 11 is 0. The molecule has 0 radical (unpaired) electrons. The lowest BCUT2D eigenvalue weighted by molar-refractivity contribution is -0.384. The molecule has 0 aliphatic carbocycles. The SMILES string of the molecule is O=[N+]([O-])c1cc(C(F)(F)F)ccc1NC1CCOC1. The Balaban J connectivity index is 2.29. The number of rotatable bonds is 3. The van der Waals surface area contributed by atoms with Crippen LogP contribution < -0.4 is 5.32 Å². The third-order valence-corrected chi connectivity index (χ3v) is 2.81. The predicted octanol–water partition coefficient (Wildman–Crippen LogP) is 2.81. The number of alkyl halides is 3. The minimum atomic E-state index is -4.60. The van der Waals surface area contributed by atoms with Gasteiger partial charge in [-0.25, -0.2) is 0 Å². The van der Waals surface area contributed by atoms with Crippen molar-refractivity contribution in [1.82, 2.24) is 0 Å². The fourth-order valence-electron chi connectivity index (χ4n) is 1.85. The average Bonchev–Trinajstić information content (AvgIpc) is 2.80. The van der Waals surface area contributed by atoms with Crippen LogP contribution in [-0.2, 0) is 10.9 Å². The van der Waals surface area contributed by atoms with E-state index in [1.807, 2.05) is 0 Å². The molecule has 19 heavy (non-hydrogen) atoms. The third-order valence-electron chi connectivity index (χ3n) is 2.81. The summed E-state index contributed by atoms with van der Waals surface area (Å²) in [7, 11) is 0. The zero-order valence-electron chi connectivity index (χ0n) is 9.74. The van der Waals surface area contributed by atoms with Crippen molar-refractivity contribution in [2.75, 3.05) is 18.5 Å². The van der Waals surface area contributed by atoms with Crippen LogP contribution >= 0.6 is 0 Å². The van der Waals surface area contributed by atoms with E-state index in [1.165, 1.54) is 0 Å². The number of nitrogens with one attached hydrogen (secondary N) is 1. The normalized spacial score (nSPS) is 19.4. The molecule has 0 spiro atoms. The minimum absolute atomic E-state index is 0.0773. The summed E-state index contributed by atoms with van der Waals surface area (Å²) in [5.41, 5.74) is -1.54. The number of anilines is 1. The van der Waals surface area contributed by atoms with E-state index in [2.05, 4.69) is 5.32 Å².